The Labute approximate surface area is 75.5 Å². The molecule has 0 aromatic heterocycles. The van der Waals surface area contributed by atoms with E-state index in [9.17, 15) is 4.79 Å². The van der Waals surface area contributed by atoms with E-state index in [1.54, 1.807) is 0 Å². The summed E-state index contributed by atoms with van der Waals surface area (Å²) >= 11 is 2.11. The lowest BCUT2D eigenvalue weighted by atomic mass is 10.2. The van der Waals surface area contributed by atoms with Crippen molar-refractivity contribution in [2.75, 3.05) is 0 Å². The summed E-state index contributed by atoms with van der Waals surface area (Å²) in [6.45, 7) is 5.66. The Morgan fingerprint density at radius 3 is 2.40 bits per heavy atom. The molecule has 0 N–H and O–H groups in total. The molecule has 1 atom stereocenters. The predicted molar refractivity (Wildman–Crippen MR) is 49.0 cm³/mol. The van der Waals surface area contributed by atoms with Gasteiger partial charge in [-0.25, -0.2) is 0 Å². The summed E-state index contributed by atoms with van der Waals surface area (Å²) < 4.78 is 5.04. The van der Waals surface area contributed by atoms with Gasteiger partial charge in [0.05, 0.1) is 5.92 Å². The third-order valence-corrected chi connectivity index (χ3v) is 2.17. The van der Waals surface area contributed by atoms with E-state index in [-0.39, 0.29) is 16.0 Å². The fourth-order valence-electron chi connectivity index (χ4n) is 0.345. The fourth-order valence-corrected chi connectivity index (χ4v) is 0.596. The van der Waals surface area contributed by atoms with Gasteiger partial charge in [0.1, 0.15) is 0 Å². The molecule has 0 aliphatic rings. The number of ether oxygens (including phenoxy) is 1. The normalized spacial score (nSPS) is 13.3. The van der Waals surface area contributed by atoms with Crippen molar-refractivity contribution in [2.24, 2.45) is 5.92 Å². The molecule has 0 aromatic rings. The van der Waals surface area contributed by atoms with E-state index in [0.717, 1.165) is 6.42 Å². The van der Waals surface area contributed by atoms with Crippen molar-refractivity contribution in [3.8, 4) is 0 Å². The Hall–Kier alpha value is 0.200. The molecule has 10 heavy (non-hydrogen) atoms. The second-order valence-electron chi connectivity index (χ2n) is 2.41. The molecule has 0 saturated heterocycles. The molecule has 0 aromatic carbocycles. The van der Waals surface area contributed by atoms with E-state index in [0.29, 0.717) is 0 Å². The van der Waals surface area contributed by atoms with Gasteiger partial charge in [-0.05, 0) is 29.0 Å². The Morgan fingerprint density at radius 2 is 2.10 bits per heavy atom. The standard InChI is InChI=1S/C7H13IO2/c1-4-6(8)10-7(9)5(2)3/h5-6H,4H2,1-3H3. The monoisotopic (exact) mass is 256 g/mol. The molecule has 0 radical (unpaired) electrons. The number of hydrogen-bond donors (Lipinski definition) is 0. The number of halogens is 1. The summed E-state index contributed by atoms with van der Waals surface area (Å²) in [6.07, 6.45) is 0.874. The number of esters is 1. The highest BCUT2D eigenvalue weighted by atomic mass is 127. The molecule has 60 valence electrons. The summed E-state index contributed by atoms with van der Waals surface area (Å²) in [7, 11) is 0. The van der Waals surface area contributed by atoms with Crippen LogP contribution in [0.25, 0.3) is 0 Å². The van der Waals surface area contributed by atoms with Crippen LogP contribution in [-0.2, 0) is 9.53 Å². The van der Waals surface area contributed by atoms with E-state index in [2.05, 4.69) is 22.6 Å². The highest BCUT2D eigenvalue weighted by Gasteiger charge is 2.11. The van der Waals surface area contributed by atoms with Crippen molar-refractivity contribution < 1.29 is 9.53 Å². The minimum Gasteiger partial charge on any atom is -0.451 e. The molecule has 3 heteroatoms. The number of rotatable bonds is 3. The summed E-state index contributed by atoms with van der Waals surface area (Å²) in [5, 5.41) is 0. The van der Waals surface area contributed by atoms with Crippen molar-refractivity contribution in [1.82, 2.24) is 0 Å². The molecule has 2 nitrogen and oxygen atoms in total. The van der Waals surface area contributed by atoms with Crippen molar-refractivity contribution in [1.29, 1.82) is 0 Å². The quantitative estimate of drug-likeness (QED) is 0.440. The van der Waals surface area contributed by atoms with Gasteiger partial charge in [0.25, 0.3) is 0 Å². The van der Waals surface area contributed by atoms with Crippen LogP contribution in [0.4, 0.5) is 0 Å². The Bertz CT molecular complexity index is 112. The van der Waals surface area contributed by atoms with Gasteiger partial charge >= 0.3 is 5.97 Å². The summed E-state index contributed by atoms with van der Waals surface area (Å²) in [6, 6.07) is 0. The van der Waals surface area contributed by atoms with Crippen LogP contribution in [0.5, 0.6) is 0 Å². The summed E-state index contributed by atoms with van der Waals surface area (Å²) in [5.41, 5.74) is 0. The fraction of sp³-hybridized carbons (Fsp3) is 0.857. The van der Waals surface area contributed by atoms with E-state index in [1.807, 2.05) is 20.8 Å². The van der Waals surface area contributed by atoms with Gasteiger partial charge < -0.3 is 4.74 Å². The molecule has 0 rings (SSSR count). The lowest BCUT2D eigenvalue weighted by Crippen LogP contribution is -2.16. The maximum atomic E-state index is 10.9. The van der Waals surface area contributed by atoms with E-state index < -0.39 is 0 Å². The minimum atomic E-state index is -0.110. The molecule has 0 spiro atoms. The van der Waals surface area contributed by atoms with E-state index in [1.165, 1.54) is 0 Å². The lowest BCUT2D eigenvalue weighted by Gasteiger charge is -2.10. The molecule has 0 aliphatic carbocycles. The highest BCUT2D eigenvalue weighted by Crippen LogP contribution is 2.09. The average Bonchev–Trinajstić information content (AvgIpc) is 1.87. The van der Waals surface area contributed by atoms with Gasteiger partial charge in [-0.15, -0.1) is 0 Å². The lowest BCUT2D eigenvalue weighted by molar-refractivity contribution is -0.148. The van der Waals surface area contributed by atoms with E-state index >= 15 is 0 Å². The first-order chi connectivity index (χ1) is 4.57. The van der Waals surface area contributed by atoms with Gasteiger partial charge in [0.2, 0.25) is 0 Å². The zero-order valence-corrected chi connectivity index (χ0v) is 8.71. The Kier molecular flexibility index (Phi) is 5.03. The zero-order chi connectivity index (χ0) is 8.15. The van der Waals surface area contributed by atoms with Gasteiger partial charge in [-0.3, -0.25) is 4.79 Å². The molecule has 1 unspecified atom stereocenters. The largest absolute Gasteiger partial charge is 0.451 e. The molecular formula is C7H13IO2. The predicted octanol–water partition coefficient (Wildman–Crippen LogP) is 2.36. The van der Waals surface area contributed by atoms with Crippen LogP contribution in [0.2, 0.25) is 0 Å². The topological polar surface area (TPSA) is 26.3 Å². The maximum absolute atomic E-state index is 10.9. The van der Waals surface area contributed by atoms with Crippen LogP contribution in [0, 0.1) is 5.92 Å². The first-order valence-corrected chi connectivity index (χ1v) is 4.67. The second kappa shape index (κ2) is 4.93. The number of carbonyl (C=O) groups is 1. The molecule has 0 aliphatic heterocycles. The highest BCUT2D eigenvalue weighted by molar-refractivity contribution is 14.1. The third-order valence-electron chi connectivity index (χ3n) is 1.04. The van der Waals surface area contributed by atoms with Gasteiger partial charge in [0.15, 0.2) is 4.11 Å². The SMILES string of the molecule is CCC(I)OC(=O)C(C)C. The molecular weight excluding hydrogens is 243 g/mol. The number of hydrogen-bond acceptors (Lipinski definition) is 2. The smallest absolute Gasteiger partial charge is 0.309 e. The van der Waals surface area contributed by atoms with Gasteiger partial charge in [0, 0.05) is 0 Å². The average molecular weight is 256 g/mol. The van der Waals surface area contributed by atoms with Gasteiger partial charge in [-0.2, -0.15) is 0 Å². The van der Waals surface area contributed by atoms with Crippen LogP contribution < -0.4 is 0 Å². The van der Waals surface area contributed by atoms with Crippen molar-refractivity contribution in [3.63, 3.8) is 0 Å². The van der Waals surface area contributed by atoms with Crippen molar-refractivity contribution in [3.05, 3.63) is 0 Å². The molecule has 0 fully saturated rings. The second-order valence-corrected chi connectivity index (χ2v) is 3.80. The summed E-state index contributed by atoms with van der Waals surface area (Å²) in [5.74, 6) is -0.120. The van der Waals surface area contributed by atoms with Crippen molar-refractivity contribution >= 4 is 28.6 Å². The minimum absolute atomic E-state index is 0.0104. The third kappa shape index (κ3) is 4.09. The zero-order valence-electron chi connectivity index (χ0n) is 6.56. The number of carbonyl (C=O) groups excluding carboxylic acids is 1. The van der Waals surface area contributed by atoms with Gasteiger partial charge in [-0.1, -0.05) is 20.8 Å². The van der Waals surface area contributed by atoms with E-state index in [4.69, 9.17) is 4.74 Å². The van der Waals surface area contributed by atoms with Crippen LogP contribution in [0.3, 0.4) is 0 Å². The first kappa shape index (κ1) is 10.2. The Morgan fingerprint density at radius 1 is 1.60 bits per heavy atom. The summed E-state index contributed by atoms with van der Waals surface area (Å²) in [4.78, 5) is 10.9. The molecule has 0 bridgehead atoms. The van der Waals surface area contributed by atoms with Crippen LogP contribution >= 0.6 is 22.6 Å². The molecule has 0 saturated carbocycles. The van der Waals surface area contributed by atoms with Crippen molar-refractivity contribution in [2.45, 2.75) is 31.3 Å². The Balaban J connectivity index is 3.57. The first-order valence-electron chi connectivity index (χ1n) is 3.42. The maximum Gasteiger partial charge on any atom is 0.309 e. The van der Waals surface area contributed by atoms with Crippen LogP contribution in [0.1, 0.15) is 27.2 Å². The van der Waals surface area contributed by atoms with Crippen LogP contribution in [0.15, 0.2) is 0 Å². The number of alkyl halides is 1. The van der Waals surface area contributed by atoms with Crippen LogP contribution in [-0.4, -0.2) is 10.1 Å². The molecule has 0 heterocycles. The molecule has 0 amide bonds.